The Hall–Kier alpha value is -0.240. The molecular weight excluding hydrogens is 252 g/mol. The molecule has 0 rings (SSSR count). The first kappa shape index (κ1) is 21.1. The molecule has 118 valence electrons. The standard InChI is InChI=1S/C9H20O3.C4H10O3/c1-2-3-4-6-11-8-9-12-7-5-10;5-1-3-7-4-2-6/h10H,2-9H2,1H3;5-6H,1-4H2. The fourth-order valence-corrected chi connectivity index (χ4v) is 1.07. The van der Waals surface area contributed by atoms with E-state index in [9.17, 15) is 0 Å². The SMILES string of the molecule is CCCCCOCCOCCO.OCCOCCO. The minimum Gasteiger partial charge on any atom is -0.394 e. The minimum absolute atomic E-state index is 0.0278. The van der Waals surface area contributed by atoms with Crippen LogP contribution in [0, 0.1) is 0 Å². The zero-order valence-electron chi connectivity index (χ0n) is 12.1. The van der Waals surface area contributed by atoms with Gasteiger partial charge < -0.3 is 29.5 Å². The fraction of sp³-hybridized carbons (Fsp3) is 1.00. The second-order valence-electron chi connectivity index (χ2n) is 3.72. The van der Waals surface area contributed by atoms with Crippen molar-refractivity contribution in [3.05, 3.63) is 0 Å². The molecule has 0 aromatic carbocycles. The van der Waals surface area contributed by atoms with Gasteiger partial charge in [0.05, 0.1) is 52.9 Å². The lowest BCUT2D eigenvalue weighted by Gasteiger charge is -2.03. The lowest BCUT2D eigenvalue weighted by atomic mass is 10.3. The normalized spacial score (nSPS) is 10.1. The number of aliphatic hydroxyl groups is 3. The second kappa shape index (κ2) is 22.9. The van der Waals surface area contributed by atoms with Crippen molar-refractivity contribution in [3.8, 4) is 0 Å². The Bertz CT molecular complexity index is 120. The predicted octanol–water partition coefficient (Wildman–Crippen LogP) is 0.190. The quantitative estimate of drug-likeness (QED) is 0.418. The molecule has 0 aromatic heterocycles. The van der Waals surface area contributed by atoms with E-state index in [1.807, 2.05) is 0 Å². The van der Waals surface area contributed by atoms with Crippen molar-refractivity contribution in [2.75, 3.05) is 59.5 Å². The predicted molar refractivity (Wildman–Crippen MR) is 73.2 cm³/mol. The maximum Gasteiger partial charge on any atom is 0.0701 e. The molecule has 0 amide bonds. The maximum absolute atomic E-state index is 8.37. The molecule has 3 N–H and O–H groups in total. The summed E-state index contributed by atoms with van der Waals surface area (Å²) in [6.07, 6.45) is 3.60. The van der Waals surface area contributed by atoms with Crippen LogP contribution in [0.3, 0.4) is 0 Å². The van der Waals surface area contributed by atoms with Gasteiger partial charge in [0, 0.05) is 6.61 Å². The van der Waals surface area contributed by atoms with E-state index in [1.54, 1.807) is 0 Å². The van der Waals surface area contributed by atoms with E-state index in [0.717, 1.165) is 13.0 Å². The first-order chi connectivity index (χ1) is 9.33. The smallest absolute Gasteiger partial charge is 0.0701 e. The summed E-state index contributed by atoms with van der Waals surface area (Å²) in [5.41, 5.74) is 0. The number of hydrogen-bond donors (Lipinski definition) is 3. The van der Waals surface area contributed by atoms with Crippen molar-refractivity contribution in [2.24, 2.45) is 0 Å². The highest BCUT2D eigenvalue weighted by Crippen LogP contribution is 1.93. The number of aliphatic hydroxyl groups excluding tert-OH is 3. The lowest BCUT2D eigenvalue weighted by molar-refractivity contribution is 0.0321. The molecule has 0 aliphatic carbocycles. The Balaban J connectivity index is 0. The first-order valence-electron chi connectivity index (χ1n) is 6.89. The summed E-state index contributed by atoms with van der Waals surface area (Å²) in [4.78, 5) is 0. The van der Waals surface area contributed by atoms with E-state index in [2.05, 4.69) is 11.7 Å². The maximum atomic E-state index is 8.37. The van der Waals surface area contributed by atoms with Crippen LogP contribution in [0.4, 0.5) is 0 Å². The Labute approximate surface area is 116 Å². The minimum atomic E-state index is 0.0278. The van der Waals surface area contributed by atoms with Crippen LogP contribution in [0.5, 0.6) is 0 Å². The van der Waals surface area contributed by atoms with Crippen LogP contribution >= 0.6 is 0 Å². The Morgan fingerprint density at radius 3 is 1.42 bits per heavy atom. The monoisotopic (exact) mass is 282 g/mol. The summed E-state index contributed by atoms with van der Waals surface area (Å²) < 4.78 is 14.9. The molecule has 0 bridgehead atoms. The van der Waals surface area contributed by atoms with Crippen molar-refractivity contribution in [3.63, 3.8) is 0 Å². The third-order valence-electron chi connectivity index (χ3n) is 1.97. The summed E-state index contributed by atoms with van der Waals surface area (Å²) in [6.45, 7) is 5.44. The zero-order chi connectivity index (χ0) is 14.6. The van der Waals surface area contributed by atoms with Crippen LogP contribution in [0.2, 0.25) is 0 Å². The van der Waals surface area contributed by atoms with E-state index < -0.39 is 0 Å². The molecule has 0 radical (unpaired) electrons. The van der Waals surface area contributed by atoms with Gasteiger partial charge in [0.15, 0.2) is 0 Å². The molecule has 0 aromatic rings. The second-order valence-corrected chi connectivity index (χ2v) is 3.72. The van der Waals surface area contributed by atoms with Crippen LogP contribution in [-0.4, -0.2) is 74.8 Å². The van der Waals surface area contributed by atoms with Crippen LogP contribution in [0.25, 0.3) is 0 Å². The van der Waals surface area contributed by atoms with Gasteiger partial charge in [-0.1, -0.05) is 19.8 Å². The average molecular weight is 282 g/mol. The van der Waals surface area contributed by atoms with Crippen molar-refractivity contribution < 1.29 is 29.5 Å². The number of hydrogen-bond acceptors (Lipinski definition) is 6. The first-order valence-corrected chi connectivity index (χ1v) is 6.89. The summed E-state index contributed by atoms with van der Waals surface area (Å²) in [6, 6.07) is 0. The summed E-state index contributed by atoms with van der Waals surface area (Å²) >= 11 is 0. The van der Waals surface area contributed by atoms with E-state index >= 15 is 0 Å². The number of ether oxygens (including phenoxy) is 3. The van der Waals surface area contributed by atoms with Gasteiger partial charge in [0.1, 0.15) is 0 Å². The molecule has 19 heavy (non-hydrogen) atoms. The molecular formula is C13H30O6. The molecule has 0 saturated heterocycles. The number of unbranched alkanes of at least 4 members (excludes halogenated alkanes) is 2. The third kappa shape index (κ3) is 27.1. The Kier molecular flexibility index (Phi) is 25.4. The largest absolute Gasteiger partial charge is 0.394 e. The van der Waals surface area contributed by atoms with E-state index in [1.165, 1.54) is 12.8 Å². The average Bonchev–Trinajstić information content (AvgIpc) is 2.43. The molecule has 0 saturated carbocycles. The molecule has 0 heterocycles. The van der Waals surface area contributed by atoms with Crippen molar-refractivity contribution >= 4 is 0 Å². The van der Waals surface area contributed by atoms with Crippen LogP contribution < -0.4 is 0 Å². The van der Waals surface area contributed by atoms with Crippen LogP contribution in [-0.2, 0) is 14.2 Å². The highest BCUT2D eigenvalue weighted by atomic mass is 16.5. The Morgan fingerprint density at radius 2 is 1.00 bits per heavy atom. The summed E-state index contributed by atoms with van der Waals surface area (Å²) in [5.74, 6) is 0. The number of rotatable bonds is 13. The lowest BCUT2D eigenvalue weighted by Crippen LogP contribution is -2.07. The van der Waals surface area contributed by atoms with Gasteiger partial charge in [-0.15, -0.1) is 0 Å². The molecule has 0 spiro atoms. The molecule has 6 heteroatoms. The van der Waals surface area contributed by atoms with Crippen molar-refractivity contribution in [2.45, 2.75) is 26.2 Å². The van der Waals surface area contributed by atoms with Crippen molar-refractivity contribution in [1.82, 2.24) is 0 Å². The zero-order valence-corrected chi connectivity index (χ0v) is 12.1. The highest BCUT2D eigenvalue weighted by molar-refractivity contribution is 4.36. The molecule has 0 aliphatic rings. The van der Waals surface area contributed by atoms with E-state index in [0.29, 0.717) is 33.0 Å². The van der Waals surface area contributed by atoms with Crippen molar-refractivity contribution in [1.29, 1.82) is 0 Å². The summed E-state index contributed by atoms with van der Waals surface area (Å²) in [5, 5.41) is 24.5. The molecule has 0 fully saturated rings. The topological polar surface area (TPSA) is 88.4 Å². The van der Waals surface area contributed by atoms with Gasteiger partial charge >= 0.3 is 0 Å². The highest BCUT2D eigenvalue weighted by Gasteiger charge is 1.89. The molecule has 0 aliphatic heterocycles. The summed E-state index contributed by atoms with van der Waals surface area (Å²) in [7, 11) is 0. The fourth-order valence-electron chi connectivity index (χ4n) is 1.07. The van der Waals surface area contributed by atoms with E-state index in [4.69, 9.17) is 24.8 Å². The van der Waals surface area contributed by atoms with Gasteiger partial charge in [0.2, 0.25) is 0 Å². The van der Waals surface area contributed by atoms with Crippen LogP contribution in [0.15, 0.2) is 0 Å². The van der Waals surface area contributed by atoms with Crippen LogP contribution in [0.1, 0.15) is 26.2 Å². The Morgan fingerprint density at radius 1 is 0.579 bits per heavy atom. The van der Waals surface area contributed by atoms with Gasteiger partial charge in [-0.05, 0) is 6.42 Å². The van der Waals surface area contributed by atoms with Gasteiger partial charge in [-0.25, -0.2) is 0 Å². The van der Waals surface area contributed by atoms with Gasteiger partial charge in [-0.3, -0.25) is 0 Å². The van der Waals surface area contributed by atoms with Gasteiger partial charge in [0.25, 0.3) is 0 Å². The van der Waals surface area contributed by atoms with Gasteiger partial charge in [-0.2, -0.15) is 0 Å². The van der Waals surface area contributed by atoms with E-state index in [-0.39, 0.29) is 19.8 Å². The molecule has 0 unspecified atom stereocenters. The third-order valence-corrected chi connectivity index (χ3v) is 1.97. The molecule has 6 nitrogen and oxygen atoms in total. The molecule has 0 atom stereocenters.